The third-order valence-electron chi connectivity index (χ3n) is 17.4. The maximum Gasteiger partial charge on any atom is 0.264 e. The van der Waals surface area contributed by atoms with Crippen LogP contribution in [0, 0.1) is 95.0 Å². The van der Waals surface area contributed by atoms with Gasteiger partial charge in [-0.05, 0) is 157 Å². The summed E-state index contributed by atoms with van der Waals surface area (Å²) in [4.78, 5) is 22.5. The SMILES string of the molecule is C#Cc1cnc2ccc(-c3cnc(OC)c(NS(=O)(=O)c4ccc(F)cc4)c3)nn12.C#Cc1cnc2ccc(-c3cnc(OC)c(NS(=O)(=O)c4ccc(F)cc4F)c3)nn12.CCC#Cc1nnc2ccc(-c3cnc(OC)c(NS(=O)(=O)c4ccc(F)cc4F)c3)nn12.COc1ncc(-c2ccc3nnc(C#CC(C)C)n3n2)cc1NS(=O)(=O)c1ccc(F)cc1F. The van der Waals surface area contributed by atoms with Crippen LogP contribution in [-0.4, -0.2) is 151 Å². The number of terminal acetylenes is 2. The molecular weight excluding hydrogens is 1760 g/mol. The summed E-state index contributed by atoms with van der Waals surface area (Å²) in [5.74, 6) is 10.5. The number of benzene rings is 4. The van der Waals surface area contributed by atoms with Gasteiger partial charge in [0.2, 0.25) is 35.2 Å². The van der Waals surface area contributed by atoms with E-state index in [9.17, 15) is 64.4 Å². The van der Waals surface area contributed by atoms with E-state index in [2.05, 4.69) is 125 Å². The highest BCUT2D eigenvalue weighted by molar-refractivity contribution is 7.93. The average Bonchev–Trinajstić information content (AvgIpc) is 1.40. The van der Waals surface area contributed by atoms with Crippen molar-refractivity contribution >= 4 is 85.4 Å². The van der Waals surface area contributed by atoms with Crippen molar-refractivity contribution in [2.45, 2.75) is 46.8 Å². The number of imidazole rings is 2. The summed E-state index contributed by atoms with van der Waals surface area (Å²) in [5, 5.41) is 33.9. The number of hydrogen-bond acceptors (Lipinski definition) is 26. The zero-order valence-corrected chi connectivity index (χ0v) is 70.3. The lowest BCUT2D eigenvalue weighted by Gasteiger charge is -2.13. The fraction of sp³-hybridized carbons (Fsp3) is 0.108. The Labute approximate surface area is 722 Å². The van der Waals surface area contributed by atoms with E-state index in [0.717, 1.165) is 60.7 Å². The molecule has 0 saturated carbocycles. The van der Waals surface area contributed by atoms with Crippen LogP contribution in [0.15, 0.2) is 208 Å². The molecule has 4 aromatic carbocycles. The van der Waals surface area contributed by atoms with Crippen molar-refractivity contribution in [2.24, 2.45) is 5.92 Å². The maximum absolute atomic E-state index is 14.1. The van der Waals surface area contributed by atoms with E-state index >= 15 is 0 Å². The number of nitrogens with zero attached hydrogens (tertiary/aromatic N) is 18. The molecule has 0 unspecified atom stereocenters. The molecule has 45 heteroatoms. The number of ether oxygens (including phenoxy) is 4. The molecule has 0 radical (unpaired) electrons. The highest BCUT2D eigenvalue weighted by Gasteiger charge is 2.28. The number of methoxy groups -OCH3 is 4. The molecule has 0 spiro atoms. The Balaban J connectivity index is 0.000000146. The van der Waals surface area contributed by atoms with E-state index < -0.39 is 95.5 Å². The molecule has 648 valence electrons. The van der Waals surface area contributed by atoms with Crippen molar-refractivity contribution in [1.29, 1.82) is 0 Å². The van der Waals surface area contributed by atoms with Crippen LogP contribution in [0.3, 0.4) is 0 Å². The van der Waals surface area contributed by atoms with Gasteiger partial charge >= 0.3 is 0 Å². The second-order valence-corrected chi connectivity index (χ2v) is 33.0. The Hall–Kier alpha value is -16.2. The van der Waals surface area contributed by atoms with E-state index in [4.69, 9.17) is 31.8 Å². The van der Waals surface area contributed by atoms with E-state index in [1.54, 1.807) is 48.5 Å². The first-order valence-electron chi connectivity index (χ1n) is 36.7. The highest BCUT2D eigenvalue weighted by atomic mass is 32.2. The van der Waals surface area contributed by atoms with E-state index in [1.165, 1.54) is 108 Å². The maximum atomic E-state index is 14.1. The van der Waals surface area contributed by atoms with Crippen molar-refractivity contribution in [2.75, 3.05) is 47.3 Å². The Morgan fingerprint density at radius 1 is 0.367 bits per heavy atom. The van der Waals surface area contributed by atoms with Crippen LogP contribution in [-0.2, 0) is 40.1 Å². The van der Waals surface area contributed by atoms with Gasteiger partial charge < -0.3 is 18.9 Å². The summed E-state index contributed by atoms with van der Waals surface area (Å²) in [6, 6.07) is 30.2. The molecule has 0 aliphatic rings. The molecule has 12 aromatic heterocycles. The first-order chi connectivity index (χ1) is 61.2. The molecule has 0 aliphatic heterocycles. The summed E-state index contributed by atoms with van der Waals surface area (Å²) in [7, 11) is -12.0. The first-order valence-corrected chi connectivity index (χ1v) is 42.6. The molecule has 0 fully saturated rings. The van der Waals surface area contributed by atoms with Gasteiger partial charge in [0.25, 0.3) is 40.1 Å². The third kappa shape index (κ3) is 20.2. The Morgan fingerprint density at radius 2 is 0.680 bits per heavy atom. The van der Waals surface area contributed by atoms with Gasteiger partial charge in [0.1, 0.15) is 89.5 Å². The van der Waals surface area contributed by atoms with Gasteiger partial charge in [-0.1, -0.05) is 32.6 Å². The predicted octanol–water partition coefficient (Wildman–Crippen LogP) is 11.9. The number of halogens is 7. The van der Waals surface area contributed by atoms with Crippen molar-refractivity contribution in [3.63, 3.8) is 0 Å². The lowest BCUT2D eigenvalue weighted by molar-refractivity contribution is 0.400. The predicted molar refractivity (Wildman–Crippen MR) is 450 cm³/mol. The number of rotatable bonds is 20. The molecule has 128 heavy (non-hydrogen) atoms. The fourth-order valence-electron chi connectivity index (χ4n) is 11.5. The molecule has 16 rings (SSSR count). The van der Waals surface area contributed by atoms with Crippen molar-refractivity contribution in [3.8, 4) is 117 Å². The fourth-order valence-corrected chi connectivity index (χ4v) is 15.9. The Kier molecular flexibility index (Phi) is 26.5. The van der Waals surface area contributed by atoms with Crippen LogP contribution in [0.1, 0.15) is 50.2 Å². The van der Waals surface area contributed by atoms with Crippen molar-refractivity contribution < 1.29 is 83.4 Å². The van der Waals surface area contributed by atoms with Gasteiger partial charge in [0.05, 0.1) is 68.5 Å². The molecule has 0 amide bonds. The van der Waals surface area contributed by atoms with E-state index in [1.807, 2.05) is 20.8 Å². The summed E-state index contributed by atoms with van der Waals surface area (Å²) < 4.78 is 232. The minimum atomic E-state index is -4.42. The second-order valence-electron chi connectivity index (χ2n) is 26.4. The molecule has 0 bridgehead atoms. The van der Waals surface area contributed by atoms with Crippen LogP contribution in [0.2, 0.25) is 0 Å². The number of pyridine rings is 4. The van der Waals surface area contributed by atoms with Crippen LogP contribution < -0.4 is 37.8 Å². The smallest absolute Gasteiger partial charge is 0.264 e. The monoisotopic (exact) mass is 1820 g/mol. The quantitative estimate of drug-likeness (QED) is 0.0407. The van der Waals surface area contributed by atoms with Crippen molar-refractivity contribution in [1.82, 2.24) is 88.8 Å². The Bertz CT molecular complexity index is 7750. The molecule has 16 aromatic rings. The largest absolute Gasteiger partial charge is 0.480 e. The third-order valence-corrected chi connectivity index (χ3v) is 23.0. The van der Waals surface area contributed by atoms with Crippen LogP contribution >= 0.6 is 0 Å². The van der Waals surface area contributed by atoms with Gasteiger partial charge in [-0.25, -0.2) is 103 Å². The number of aromatic nitrogens is 18. The average molecular weight is 1820 g/mol. The zero-order chi connectivity index (χ0) is 91.5. The summed E-state index contributed by atoms with van der Waals surface area (Å²) >= 11 is 0. The molecule has 4 N–H and O–H groups in total. The summed E-state index contributed by atoms with van der Waals surface area (Å²) in [5.41, 5.74) is 6.46. The number of nitrogens with one attached hydrogen (secondary N) is 4. The van der Waals surface area contributed by atoms with Gasteiger partial charge in [-0.15, -0.1) is 33.2 Å². The molecule has 12 heterocycles. The molecule has 0 atom stereocenters. The number of sulfonamides is 4. The molecule has 34 nitrogen and oxygen atoms in total. The minimum Gasteiger partial charge on any atom is -0.480 e. The topological polar surface area (TPSA) is 420 Å². The van der Waals surface area contributed by atoms with Crippen LogP contribution in [0.4, 0.5) is 53.5 Å². The van der Waals surface area contributed by atoms with E-state index in [0.29, 0.717) is 115 Å². The number of fused-ring (bicyclic) bond motifs is 4. The number of anilines is 4. The normalized spacial score (nSPS) is 11.3. The summed E-state index contributed by atoms with van der Waals surface area (Å²) in [6.45, 7) is 5.79. The standard InChI is InChI=1S/C22H18F2N6O3S.C21H16F2N6O3S.C20H13F2N5O3S.C20H14FN5O3S/c1-13(2)4-8-20-26-27-21-9-6-17(28-30(20)21)14-10-18(22(33-3)25-12-14)29-34(31,32)19-7-5-15(23)11-16(19)24;1-3-4-5-19-25-26-20-9-7-16(27-29(19)20)13-10-17(21(32-2)24-12-13)28-33(30,31)18-8-6-14(22)11-15(18)23;1-3-14-11-23-19-7-5-16(25-27(14)19)12-8-17(20(30-2)24-10-12)26-31(28,29)18-6-4-13(21)9-15(18)22;1-3-15-12-22-19-9-8-17(24-26(15)19)13-10-18(20(29-2)23-11-13)25-30(27,28)16-6-4-14(21)5-7-16/h5-7,9-13,29H,1-3H3;6-12,28H,3H2,1-2H3;1,4-11,26H,2H3;1,4-12,25H,2H3. The second kappa shape index (κ2) is 37.9. The van der Waals surface area contributed by atoms with Gasteiger partial charge in [-0.3, -0.25) is 18.9 Å². The lowest BCUT2D eigenvalue weighted by atomic mass is 10.2. The van der Waals surface area contributed by atoms with Crippen molar-refractivity contribution in [3.05, 3.63) is 253 Å². The lowest BCUT2D eigenvalue weighted by Crippen LogP contribution is -2.16. The van der Waals surface area contributed by atoms with Gasteiger partial charge in [0, 0.05) is 77.6 Å². The zero-order valence-electron chi connectivity index (χ0n) is 67.1. The first kappa shape index (κ1) is 89.5. The van der Waals surface area contributed by atoms with E-state index in [-0.39, 0.29) is 57.1 Å². The van der Waals surface area contributed by atoms with Gasteiger partial charge in [0.15, 0.2) is 22.6 Å². The van der Waals surface area contributed by atoms with Crippen LogP contribution in [0.5, 0.6) is 23.5 Å². The Morgan fingerprint density at radius 3 is 0.992 bits per heavy atom. The summed E-state index contributed by atoms with van der Waals surface area (Å²) in [6.07, 6.45) is 20.4. The highest BCUT2D eigenvalue weighted by Crippen LogP contribution is 2.36. The number of hydrogen-bond donors (Lipinski definition) is 4. The molecule has 0 aliphatic carbocycles. The van der Waals surface area contributed by atoms with Crippen LogP contribution in [0.25, 0.3) is 67.6 Å². The van der Waals surface area contributed by atoms with Gasteiger partial charge in [-0.2, -0.15) is 29.4 Å². The molecule has 0 saturated heterocycles. The molecular formula is C83H61F7N22O12S4. The minimum absolute atomic E-state index is 0.0512.